The number of anilines is 1. The van der Waals surface area contributed by atoms with Crippen LogP contribution < -0.4 is 10.9 Å². The van der Waals surface area contributed by atoms with Crippen LogP contribution >= 0.6 is 11.3 Å². The number of hydrogen-bond acceptors (Lipinski definition) is 6. The van der Waals surface area contributed by atoms with Gasteiger partial charge in [0, 0.05) is 31.1 Å². The number of fused-ring (bicyclic) bond motifs is 3. The van der Waals surface area contributed by atoms with Gasteiger partial charge in [-0.25, -0.2) is 4.98 Å². The zero-order valence-corrected chi connectivity index (χ0v) is 21.5. The van der Waals surface area contributed by atoms with E-state index in [4.69, 9.17) is 4.98 Å². The fourth-order valence-electron chi connectivity index (χ4n) is 5.87. The van der Waals surface area contributed by atoms with Gasteiger partial charge in [-0.05, 0) is 80.7 Å². The molecule has 1 amide bonds. The molecule has 2 fully saturated rings. The Hall–Kier alpha value is -3.17. The molecular formula is C28H31N5O3S. The second-order valence-corrected chi connectivity index (χ2v) is 11.9. The molecule has 3 aromatic heterocycles. The number of imidazole rings is 1. The van der Waals surface area contributed by atoms with Gasteiger partial charge in [-0.15, -0.1) is 11.3 Å². The van der Waals surface area contributed by atoms with Gasteiger partial charge in [0.25, 0.3) is 5.56 Å². The second-order valence-electron chi connectivity index (χ2n) is 10.9. The van der Waals surface area contributed by atoms with E-state index in [2.05, 4.69) is 27.4 Å². The first-order chi connectivity index (χ1) is 18.0. The maximum Gasteiger partial charge on any atom is 0.250 e. The zero-order chi connectivity index (χ0) is 25.1. The van der Waals surface area contributed by atoms with E-state index in [9.17, 15) is 14.7 Å². The van der Waals surface area contributed by atoms with Gasteiger partial charge in [-0.2, -0.15) is 0 Å². The summed E-state index contributed by atoms with van der Waals surface area (Å²) in [5.41, 5.74) is 6.03. The summed E-state index contributed by atoms with van der Waals surface area (Å²) in [4.78, 5) is 39.4. The summed E-state index contributed by atoms with van der Waals surface area (Å²) in [6.07, 6.45) is 6.99. The van der Waals surface area contributed by atoms with Crippen LogP contribution in [-0.4, -0.2) is 56.1 Å². The largest absolute Gasteiger partial charge is 0.393 e. The molecule has 2 aliphatic carbocycles. The van der Waals surface area contributed by atoms with Crippen molar-refractivity contribution in [3.8, 4) is 10.7 Å². The Morgan fingerprint density at radius 1 is 0.973 bits per heavy atom. The minimum Gasteiger partial charge on any atom is -0.393 e. The molecule has 4 aromatic rings. The average Bonchev–Trinajstić information content (AvgIpc) is 3.57. The van der Waals surface area contributed by atoms with Crippen LogP contribution in [0.3, 0.4) is 0 Å². The smallest absolute Gasteiger partial charge is 0.250 e. The Kier molecular flexibility index (Phi) is 5.58. The number of pyridine rings is 1. The van der Waals surface area contributed by atoms with Gasteiger partial charge < -0.3 is 25.3 Å². The van der Waals surface area contributed by atoms with Gasteiger partial charge in [0.05, 0.1) is 37.9 Å². The molecule has 2 saturated carbocycles. The van der Waals surface area contributed by atoms with Crippen molar-refractivity contribution < 1.29 is 9.90 Å². The van der Waals surface area contributed by atoms with Crippen molar-refractivity contribution in [2.75, 3.05) is 18.4 Å². The summed E-state index contributed by atoms with van der Waals surface area (Å²) in [7, 11) is 0. The number of H-pyrrole nitrogens is 2. The normalized spacial score (nSPS) is 22.2. The standard InChI is InChI=1S/C28H31N5O3S/c34-19-5-3-18(4-6-19)29-23-14-25(35)30-22-13-24(37-26(22)23)27-31-20-11-16-7-9-33(28(36)15-1-2-15)10-8-17(16)12-21(20)32-27/h11-15,18-19,34H,1-10H2,(H,31,32)(H2,29,30,35). The lowest BCUT2D eigenvalue weighted by atomic mass is 9.93. The number of carbonyl (C=O) groups is 1. The molecule has 1 aromatic carbocycles. The van der Waals surface area contributed by atoms with Crippen molar-refractivity contribution >= 4 is 44.2 Å². The first-order valence-electron chi connectivity index (χ1n) is 13.4. The summed E-state index contributed by atoms with van der Waals surface area (Å²) >= 11 is 1.62. The quantitative estimate of drug-likeness (QED) is 0.324. The zero-order valence-electron chi connectivity index (χ0n) is 20.7. The monoisotopic (exact) mass is 517 g/mol. The fraction of sp³-hybridized carbons (Fsp3) is 0.464. The molecule has 3 aliphatic rings. The summed E-state index contributed by atoms with van der Waals surface area (Å²) < 4.78 is 1.01. The number of aromatic amines is 2. The van der Waals surface area contributed by atoms with Gasteiger partial charge in [0.1, 0.15) is 5.82 Å². The van der Waals surface area contributed by atoms with E-state index in [1.165, 1.54) is 11.1 Å². The molecule has 0 saturated heterocycles. The first-order valence-corrected chi connectivity index (χ1v) is 14.2. The molecule has 0 spiro atoms. The lowest BCUT2D eigenvalue weighted by Gasteiger charge is -2.27. The third kappa shape index (κ3) is 4.44. The number of aliphatic hydroxyl groups excluding tert-OH is 1. The van der Waals surface area contributed by atoms with Crippen LogP contribution in [0.5, 0.6) is 0 Å². The molecule has 0 atom stereocenters. The maximum atomic E-state index is 12.6. The number of hydrogen-bond donors (Lipinski definition) is 4. The van der Waals surface area contributed by atoms with Crippen LogP contribution in [0.25, 0.3) is 32.0 Å². The maximum absolute atomic E-state index is 12.6. The molecule has 9 heteroatoms. The second kappa shape index (κ2) is 8.99. The van der Waals surface area contributed by atoms with Crippen molar-refractivity contribution in [1.29, 1.82) is 0 Å². The number of rotatable bonds is 4. The lowest BCUT2D eigenvalue weighted by Crippen LogP contribution is -2.34. The summed E-state index contributed by atoms with van der Waals surface area (Å²) in [5, 5.41) is 13.4. The van der Waals surface area contributed by atoms with Crippen molar-refractivity contribution in [1.82, 2.24) is 19.9 Å². The third-order valence-corrected chi connectivity index (χ3v) is 9.32. The van der Waals surface area contributed by atoms with E-state index >= 15 is 0 Å². The Morgan fingerprint density at radius 2 is 1.73 bits per heavy atom. The van der Waals surface area contributed by atoms with Crippen molar-refractivity contribution in [2.45, 2.75) is 63.5 Å². The number of nitrogens with zero attached hydrogens (tertiary/aromatic N) is 2. The van der Waals surface area contributed by atoms with E-state index in [1.807, 2.05) is 11.0 Å². The SMILES string of the molecule is O=C(C1CC1)N1CCc2cc3nc(-c4cc5[nH]c(=O)cc(NC6CCC(O)CC6)c5s4)[nH]c3cc2CC1. The van der Waals surface area contributed by atoms with Gasteiger partial charge in [-0.1, -0.05) is 0 Å². The van der Waals surface area contributed by atoms with Crippen LogP contribution in [-0.2, 0) is 17.6 Å². The Balaban J connectivity index is 1.17. The molecule has 7 rings (SSSR count). The van der Waals surface area contributed by atoms with E-state index in [1.54, 1.807) is 17.4 Å². The van der Waals surface area contributed by atoms with Crippen LogP contribution in [0.4, 0.5) is 5.69 Å². The van der Waals surface area contributed by atoms with E-state index in [-0.39, 0.29) is 23.6 Å². The Bertz CT molecular complexity index is 1510. The predicted molar refractivity (Wildman–Crippen MR) is 146 cm³/mol. The first kappa shape index (κ1) is 23.0. The van der Waals surface area contributed by atoms with Gasteiger partial charge in [-0.3, -0.25) is 9.59 Å². The predicted octanol–water partition coefficient (Wildman–Crippen LogP) is 4.19. The summed E-state index contributed by atoms with van der Waals surface area (Å²) in [5.74, 6) is 1.40. The van der Waals surface area contributed by atoms with Gasteiger partial charge in [0.2, 0.25) is 5.91 Å². The Morgan fingerprint density at radius 3 is 2.49 bits per heavy atom. The highest BCUT2D eigenvalue weighted by Crippen LogP contribution is 2.37. The number of aromatic nitrogens is 3. The number of carbonyl (C=O) groups excluding carboxylic acids is 1. The van der Waals surface area contributed by atoms with Crippen LogP contribution in [0.2, 0.25) is 0 Å². The highest BCUT2D eigenvalue weighted by Gasteiger charge is 2.34. The van der Waals surface area contributed by atoms with Crippen LogP contribution in [0.1, 0.15) is 49.7 Å². The van der Waals surface area contributed by atoms with Crippen molar-refractivity contribution in [2.24, 2.45) is 5.92 Å². The topological polar surface area (TPSA) is 114 Å². The highest BCUT2D eigenvalue weighted by atomic mass is 32.1. The molecule has 4 heterocycles. The fourth-order valence-corrected chi connectivity index (χ4v) is 6.91. The molecule has 0 unspecified atom stereocenters. The van der Waals surface area contributed by atoms with Crippen molar-refractivity contribution in [3.63, 3.8) is 0 Å². The molecule has 192 valence electrons. The van der Waals surface area contributed by atoms with Crippen molar-refractivity contribution in [3.05, 3.63) is 45.7 Å². The molecule has 1 aliphatic heterocycles. The molecule has 0 radical (unpaired) electrons. The number of nitrogens with one attached hydrogen (secondary N) is 3. The molecule has 37 heavy (non-hydrogen) atoms. The molecule has 0 bridgehead atoms. The minimum absolute atomic E-state index is 0.127. The van der Waals surface area contributed by atoms with E-state index in [0.717, 1.165) is 102 Å². The number of amides is 1. The number of thiophene rings is 1. The number of aliphatic hydroxyl groups is 1. The number of benzene rings is 1. The molecular weight excluding hydrogens is 486 g/mol. The molecule has 4 N–H and O–H groups in total. The summed E-state index contributed by atoms with van der Waals surface area (Å²) in [6.45, 7) is 1.57. The van der Waals surface area contributed by atoms with E-state index < -0.39 is 0 Å². The van der Waals surface area contributed by atoms with Crippen LogP contribution in [0, 0.1) is 5.92 Å². The molecule has 8 nitrogen and oxygen atoms in total. The summed E-state index contributed by atoms with van der Waals surface area (Å²) in [6, 6.07) is 8.28. The third-order valence-electron chi connectivity index (χ3n) is 8.14. The highest BCUT2D eigenvalue weighted by molar-refractivity contribution is 7.22. The van der Waals surface area contributed by atoms with Crippen LogP contribution in [0.15, 0.2) is 29.1 Å². The minimum atomic E-state index is -0.210. The van der Waals surface area contributed by atoms with E-state index in [0.29, 0.717) is 5.91 Å². The van der Waals surface area contributed by atoms with Gasteiger partial charge in [0.15, 0.2) is 0 Å². The average molecular weight is 518 g/mol. The van der Waals surface area contributed by atoms with Gasteiger partial charge >= 0.3 is 0 Å². The lowest BCUT2D eigenvalue weighted by molar-refractivity contribution is -0.132. The Labute approximate surface area is 218 Å².